The van der Waals surface area contributed by atoms with E-state index in [-0.39, 0.29) is 6.61 Å². The normalized spacial score (nSPS) is 31.1. The van der Waals surface area contributed by atoms with Gasteiger partial charge in [0.1, 0.15) is 0 Å². The maximum atomic E-state index is 8.92. The molecule has 0 aromatic rings. The molecular weight excluding hydrogens is 212 g/mol. The van der Waals surface area contributed by atoms with E-state index in [0.717, 1.165) is 24.9 Å². The van der Waals surface area contributed by atoms with Gasteiger partial charge in [0, 0.05) is 31.7 Å². The van der Waals surface area contributed by atoms with Gasteiger partial charge in [-0.2, -0.15) is 0 Å². The molecule has 17 heavy (non-hydrogen) atoms. The minimum absolute atomic E-state index is 0.255. The third kappa shape index (κ3) is 4.23. The summed E-state index contributed by atoms with van der Waals surface area (Å²) in [5, 5.41) is 12.4. The van der Waals surface area contributed by atoms with E-state index < -0.39 is 0 Å². The Kier molecular flexibility index (Phi) is 4.83. The fourth-order valence-electron chi connectivity index (χ4n) is 3.07. The first kappa shape index (κ1) is 13.3. The number of likely N-dealkylation sites (tertiary alicyclic amines) is 1. The molecule has 100 valence electrons. The Hall–Kier alpha value is -0.120. The highest BCUT2D eigenvalue weighted by Gasteiger charge is 2.32. The Morgan fingerprint density at radius 3 is 2.59 bits per heavy atom. The molecule has 1 aliphatic carbocycles. The second-order valence-corrected chi connectivity index (χ2v) is 6.20. The Morgan fingerprint density at radius 1 is 1.24 bits per heavy atom. The molecule has 2 atom stereocenters. The van der Waals surface area contributed by atoms with Crippen LogP contribution >= 0.6 is 0 Å². The van der Waals surface area contributed by atoms with Crippen LogP contribution in [0.2, 0.25) is 0 Å². The smallest absolute Gasteiger partial charge is 0.0556 e. The van der Waals surface area contributed by atoms with Crippen molar-refractivity contribution in [2.24, 2.45) is 11.8 Å². The maximum Gasteiger partial charge on any atom is 0.0556 e. The maximum absolute atomic E-state index is 8.92. The second kappa shape index (κ2) is 6.17. The highest BCUT2D eigenvalue weighted by Crippen LogP contribution is 2.37. The van der Waals surface area contributed by atoms with Crippen molar-refractivity contribution in [3.05, 3.63) is 0 Å². The average Bonchev–Trinajstić information content (AvgIpc) is 3.10. The van der Waals surface area contributed by atoms with E-state index in [2.05, 4.69) is 24.1 Å². The Bertz CT molecular complexity index is 228. The number of nitrogens with zero attached hydrogens (tertiary/aromatic N) is 1. The number of rotatable bonds is 6. The predicted molar refractivity (Wildman–Crippen MR) is 71.0 cm³/mol. The first-order valence-electron chi connectivity index (χ1n) is 7.27. The summed E-state index contributed by atoms with van der Waals surface area (Å²) in [5.74, 6) is 1.90. The third-order valence-electron chi connectivity index (χ3n) is 4.20. The van der Waals surface area contributed by atoms with Crippen molar-refractivity contribution in [3.63, 3.8) is 0 Å². The van der Waals surface area contributed by atoms with E-state index in [1.54, 1.807) is 0 Å². The Morgan fingerprint density at radius 2 is 2.00 bits per heavy atom. The first-order chi connectivity index (χ1) is 8.19. The van der Waals surface area contributed by atoms with Gasteiger partial charge in [-0.15, -0.1) is 0 Å². The zero-order valence-electron chi connectivity index (χ0n) is 11.4. The number of aliphatic hydroxyl groups is 1. The summed E-state index contributed by atoms with van der Waals surface area (Å²) >= 11 is 0. The summed E-state index contributed by atoms with van der Waals surface area (Å²) < 4.78 is 0. The summed E-state index contributed by atoms with van der Waals surface area (Å²) in [4.78, 5) is 2.60. The summed E-state index contributed by atoms with van der Waals surface area (Å²) in [6.07, 6.45) is 5.67. The largest absolute Gasteiger partial charge is 0.395 e. The van der Waals surface area contributed by atoms with Gasteiger partial charge < -0.3 is 10.4 Å². The molecular formula is C14H28N2O. The summed E-state index contributed by atoms with van der Waals surface area (Å²) in [6, 6.07) is 1.23. The van der Waals surface area contributed by atoms with Crippen molar-refractivity contribution in [1.29, 1.82) is 0 Å². The molecule has 0 aromatic heterocycles. The van der Waals surface area contributed by atoms with Gasteiger partial charge in [0.05, 0.1) is 6.61 Å². The van der Waals surface area contributed by atoms with Crippen LogP contribution in [0.4, 0.5) is 0 Å². The summed E-state index contributed by atoms with van der Waals surface area (Å²) in [5.41, 5.74) is 0. The van der Waals surface area contributed by atoms with E-state index in [0.29, 0.717) is 12.1 Å². The van der Waals surface area contributed by atoms with Gasteiger partial charge >= 0.3 is 0 Å². The van der Waals surface area contributed by atoms with Crippen LogP contribution in [0, 0.1) is 11.8 Å². The van der Waals surface area contributed by atoms with Crippen LogP contribution in [0.1, 0.15) is 39.5 Å². The lowest BCUT2D eigenvalue weighted by atomic mass is 9.89. The van der Waals surface area contributed by atoms with Crippen LogP contribution in [0.15, 0.2) is 0 Å². The molecule has 1 aliphatic heterocycles. The van der Waals surface area contributed by atoms with Crippen LogP contribution < -0.4 is 5.32 Å². The minimum atomic E-state index is 0.255. The minimum Gasteiger partial charge on any atom is -0.395 e. The molecule has 0 aromatic carbocycles. The molecule has 0 bridgehead atoms. The highest BCUT2D eigenvalue weighted by atomic mass is 16.3. The standard InChI is InChI=1S/C14H28N2O/c1-11(2)16-9-13(7-12-3-4-12)8-14(10-16)15-5-6-17/h11-15,17H,3-10H2,1-2H3. The van der Waals surface area contributed by atoms with Crippen LogP contribution in [-0.4, -0.2) is 48.3 Å². The molecule has 1 heterocycles. The van der Waals surface area contributed by atoms with Gasteiger partial charge in [-0.3, -0.25) is 4.90 Å². The number of hydrogen-bond acceptors (Lipinski definition) is 3. The average molecular weight is 240 g/mol. The highest BCUT2D eigenvalue weighted by molar-refractivity contribution is 4.88. The van der Waals surface area contributed by atoms with Gasteiger partial charge in [-0.05, 0) is 38.5 Å². The molecule has 2 fully saturated rings. The zero-order chi connectivity index (χ0) is 12.3. The molecule has 1 saturated carbocycles. The molecule has 3 nitrogen and oxygen atoms in total. The molecule has 2 aliphatic rings. The number of piperidine rings is 1. The molecule has 0 radical (unpaired) electrons. The quantitative estimate of drug-likeness (QED) is 0.738. The molecule has 0 spiro atoms. The van der Waals surface area contributed by atoms with Crippen LogP contribution in [0.5, 0.6) is 0 Å². The molecule has 0 amide bonds. The van der Waals surface area contributed by atoms with Gasteiger partial charge in [-0.1, -0.05) is 12.8 Å². The number of nitrogens with one attached hydrogen (secondary N) is 1. The van der Waals surface area contributed by atoms with E-state index in [1.165, 1.54) is 32.2 Å². The van der Waals surface area contributed by atoms with Gasteiger partial charge in [0.15, 0.2) is 0 Å². The monoisotopic (exact) mass is 240 g/mol. The van der Waals surface area contributed by atoms with Gasteiger partial charge in [0.25, 0.3) is 0 Å². The second-order valence-electron chi connectivity index (χ2n) is 6.20. The fraction of sp³-hybridized carbons (Fsp3) is 1.00. The first-order valence-corrected chi connectivity index (χ1v) is 7.27. The number of aliphatic hydroxyl groups excluding tert-OH is 1. The van der Waals surface area contributed by atoms with Crippen molar-refractivity contribution in [2.75, 3.05) is 26.2 Å². The Labute approximate surface area is 106 Å². The zero-order valence-corrected chi connectivity index (χ0v) is 11.4. The molecule has 3 heteroatoms. The lowest BCUT2D eigenvalue weighted by molar-refractivity contribution is 0.102. The predicted octanol–water partition coefficient (Wildman–Crippen LogP) is 1.47. The summed E-state index contributed by atoms with van der Waals surface area (Å²) in [7, 11) is 0. The Balaban J connectivity index is 1.84. The fourth-order valence-corrected chi connectivity index (χ4v) is 3.07. The third-order valence-corrected chi connectivity index (χ3v) is 4.20. The topological polar surface area (TPSA) is 35.5 Å². The van der Waals surface area contributed by atoms with Crippen molar-refractivity contribution >= 4 is 0 Å². The molecule has 1 saturated heterocycles. The lowest BCUT2D eigenvalue weighted by Crippen LogP contribution is -2.52. The molecule has 2 N–H and O–H groups in total. The van der Waals surface area contributed by atoms with E-state index in [1.807, 2.05) is 0 Å². The van der Waals surface area contributed by atoms with Crippen molar-refractivity contribution in [1.82, 2.24) is 10.2 Å². The van der Waals surface area contributed by atoms with Gasteiger partial charge in [-0.25, -0.2) is 0 Å². The SMILES string of the molecule is CC(C)N1CC(CC2CC2)CC(NCCO)C1. The van der Waals surface area contributed by atoms with Crippen LogP contribution in [0.3, 0.4) is 0 Å². The van der Waals surface area contributed by atoms with Crippen LogP contribution in [-0.2, 0) is 0 Å². The van der Waals surface area contributed by atoms with E-state index in [4.69, 9.17) is 5.11 Å². The van der Waals surface area contributed by atoms with Gasteiger partial charge in [0.2, 0.25) is 0 Å². The molecule has 2 rings (SSSR count). The number of hydrogen-bond donors (Lipinski definition) is 2. The van der Waals surface area contributed by atoms with Crippen LogP contribution in [0.25, 0.3) is 0 Å². The van der Waals surface area contributed by atoms with Crippen molar-refractivity contribution < 1.29 is 5.11 Å². The van der Waals surface area contributed by atoms with E-state index in [9.17, 15) is 0 Å². The van der Waals surface area contributed by atoms with Crippen molar-refractivity contribution in [2.45, 2.75) is 51.6 Å². The summed E-state index contributed by atoms with van der Waals surface area (Å²) in [6.45, 7) is 8.02. The van der Waals surface area contributed by atoms with E-state index >= 15 is 0 Å². The molecule has 2 unspecified atom stereocenters. The lowest BCUT2D eigenvalue weighted by Gasteiger charge is -2.40. The van der Waals surface area contributed by atoms with Crippen molar-refractivity contribution in [3.8, 4) is 0 Å².